The third kappa shape index (κ3) is 4.06. The summed E-state index contributed by atoms with van der Waals surface area (Å²) in [6, 6.07) is 15.0. The smallest absolute Gasteiger partial charge is 0.267 e. The van der Waals surface area contributed by atoms with Gasteiger partial charge in [0.05, 0.1) is 11.1 Å². The lowest BCUT2D eigenvalue weighted by Gasteiger charge is -2.07. The maximum absolute atomic E-state index is 13.1. The van der Waals surface area contributed by atoms with Crippen LogP contribution in [0.2, 0.25) is 0 Å². The van der Waals surface area contributed by atoms with Crippen molar-refractivity contribution in [3.63, 3.8) is 0 Å². The molecule has 162 valence electrons. The average Bonchev–Trinajstić information content (AvgIpc) is 3.42. The molecule has 0 aliphatic carbocycles. The minimum atomic E-state index is -3.82. The van der Waals surface area contributed by atoms with E-state index in [1.54, 1.807) is 65.5 Å². The number of anilines is 1. The zero-order valence-electron chi connectivity index (χ0n) is 17.2. The van der Waals surface area contributed by atoms with Crippen LogP contribution in [0.1, 0.15) is 11.1 Å². The van der Waals surface area contributed by atoms with Gasteiger partial charge in [0.2, 0.25) is 5.91 Å². The quantitative estimate of drug-likeness (QED) is 0.347. The topological polar surface area (TPSA) is 126 Å². The predicted molar refractivity (Wildman–Crippen MR) is 124 cm³/mol. The maximum atomic E-state index is 13.1. The zero-order chi connectivity index (χ0) is 22.9. The number of carbonyl (C=O) groups excluding carboxylic acids is 1. The third-order valence-electron chi connectivity index (χ3n) is 4.99. The summed E-state index contributed by atoms with van der Waals surface area (Å²) in [4.78, 5) is 12.1. The Morgan fingerprint density at radius 1 is 1.00 bits per heavy atom. The Hall–Kier alpha value is -4.11. The number of benzene rings is 2. The van der Waals surface area contributed by atoms with E-state index in [4.69, 9.17) is 11.5 Å². The second-order valence-corrected chi connectivity index (χ2v) is 9.06. The van der Waals surface area contributed by atoms with Crippen molar-refractivity contribution in [1.29, 1.82) is 0 Å². The van der Waals surface area contributed by atoms with E-state index in [-0.39, 0.29) is 10.5 Å². The Balaban J connectivity index is 1.65. The lowest BCUT2D eigenvalue weighted by molar-refractivity contribution is -0.112. The van der Waals surface area contributed by atoms with Crippen LogP contribution in [-0.2, 0) is 21.9 Å². The lowest BCUT2D eigenvalue weighted by Crippen LogP contribution is -2.14. The molecule has 4 rings (SSSR count). The predicted octanol–water partition coefficient (Wildman–Crippen LogP) is 2.73. The van der Waals surface area contributed by atoms with Crippen molar-refractivity contribution in [2.24, 2.45) is 12.8 Å². The number of amides is 1. The van der Waals surface area contributed by atoms with E-state index in [0.717, 1.165) is 15.1 Å². The van der Waals surface area contributed by atoms with Crippen LogP contribution < -0.4 is 11.5 Å². The molecule has 0 spiro atoms. The van der Waals surface area contributed by atoms with Gasteiger partial charge in [-0.25, -0.2) is 12.4 Å². The highest BCUT2D eigenvalue weighted by atomic mass is 32.2. The molecule has 8 nitrogen and oxygen atoms in total. The first kappa shape index (κ1) is 21.1. The summed E-state index contributed by atoms with van der Waals surface area (Å²) in [5, 5.41) is 4.13. The Kier molecular flexibility index (Phi) is 5.41. The van der Waals surface area contributed by atoms with Crippen LogP contribution >= 0.6 is 0 Å². The van der Waals surface area contributed by atoms with E-state index in [9.17, 15) is 13.2 Å². The van der Waals surface area contributed by atoms with Gasteiger partial charge in [0, 0.05) is 48.0 Å². The number of para-hydroxylation sites is 1. The van der Waals surface area contributed by atoms with Crippen molar-refractivity contribution in [1.82, 2.24) is 13.8 Å². The van der Waals surface area contributed by atoms with Gasteiger partial charge in [-0.3, -0.25) is 9.48 Å². The molecule has 2 heterocycles. The van der Waals surface area contributed by atoms with Crippen LogP contribution in [0.5, 0.6) is 0 Å². The number of primary amides is 1. The molecule has 32 heavy (non-hydrogen) atoms. The monoisotopic (exact) mass is 447 g/mol. The van der Waals surface area contributed by atoms with Gasteiger partial charge >= 0.3 is 0 Å². The third-order valence-corrected chi connectivity index (χ3v) is 6.64. The molecule has 0 atom stereocenters. The first-order chi connectivity index (χ1) is 15.3. The van der Waals surface area contributed by atoms with Gasteiger partial charge < -0.3 is 11.5 Å². The van der Waals surface area contributed by atoms with E-state index in [0.29, 0.717) is 16.8 Å². The minimum Gasteiger partial charge on any atom is -0.398 e. The summed E-state index contributed by atoms with van der Waals surface area (Å²) in [7, 11) is -2.00. The number of nitrogens with two attached hydrogens (primary N) is 2. The number of carbonyl (C=O) groups is 1. The molecule has 1 amide bonds. The maximum Gasteiger partial charge on any atom is 0.267 e. The molecule has 0 unspecified atom stereocenters. The fraction of sp³-hybridized carbons (Fsp3) is 0.0435. The number of aromatic nitrogens is 3. The average molecular weight is 448 g/mol. The highest BCUT2D eigenvalue weighted by Gasteiger charge is 2.18. The number of rotatable bonds is 6. The van der Waals surface area contributed by atoms with Crippen molar-refractivity contribution in [2.45, 2.75) is 4.90 Å². The molecule has 0 aliphatic rings. The van der Waals surface area contributed by atoms with Crippen LogP contribution in [0.3, 0.4) is 0 Å². The molecule has 0 bridgehead atoms. The standard InChI is InChI=1S/C23H21N5O3S/c1-27-15-18(13-26-27)17-6-8-19(9-7-17)32(30,31)28-11-10-16(14-28)12-21(23(25)29)20-4-2-3-5-22(20)24/h2-15H,24H2,1H3,(H2,25,29). The van der Waals surface area contributed by atoms with Crippen LogP contribution in [-0.4, -0.2) is 28.1 Å². The van der Waals surface area contributed by atoms with Crippen LogP contribution in [0, 0.1) is 0 Å². The largest absolute Gasteiger partial charge is 0.398 e. The van der Waals surface area contributed by atoms with Crippen LogP contribution in [0.15, 0.2) is 84.3 Å². The Bertz CT molecular complexity index is 1430. The van der Waals surface area contributed by atoms with E-state index >= 15 is 0 Å². The van der Waals surface area contributed by atoms with E-state index in [1.807, 2.05) is 13.2 Å². The van der Waals surface area contributed by atoms with Gasteiger partial charge in [0.25, 0.3) is 10.0 Å². The van der Waals surface area contributed by atoms with Gasteiger partial charge in [-0.1, -0.05) is 30.3 Å². The molecule has 4 N–H and O–H groups in total. The summed E-state index contributed by atoms with van der Waals surface area (Å²) in [6.45, 7) is 0. The first-order valence-electron chi connectivity index (χ1n) is 9.65. The molecule has 0 saturated carbocycles. The molecular weight excluding hydrogens is 426 g/mol. The van der Waals surface area contributed by atoms with E-state index < -0.39 is 15.9 Å². The van der Waals surface area contributed by atoms with Crippen molar-refractivity contribution in [2.75, 3.05) is 5.73 Å². The highest BCUT2D eigenvalue weighted by Crippen LogP contribution is 2.25. The molecule has 0 fully saturated rings. The number of aryl methyl sites for hydroxylation is 1. The number of nitrogen functional groups attached to an aromatic ring is 1. The summed E-state index contributed by atoms with van der Waals surface area (Å²) in [5.41, 5.74) is 14.8. The van der Waals surface area contributed by atoms with Crippen molar-refractivity contribution < 1.29 is 13.2 Å². The van der Waals surface area contributed by atoms with E-state index in [1.165, 1.54) is 18.5 Å². The summed E-state index contributed by atoms with van der Waals surface area (Å²) < 4.78 is 28.9. The van der Waals surface area contributed by atoms with Crippen LogP contribution in [0.25, 0.3) is 22.8 Å². The molecule has 4 aromatic rings. The first-order valence-corrected chi connectivity index (χ1v) is 11.1. The van der Waals surface area contributed by atoms with Gasteiger partial charge in [0.15, 0.2) is 0 Å². The number of hydrogen-bond acceptors (Lipinski definition) is 5. The van der Waals surface area contributed by atoms with Gasteiger partial charge in [-0.2, -0.15) is 5.10 Å². The van der Waals surface area contributed by atoms with Crippen LogP contribution in [0.4, 0.5) is 5.69 Å². The molecule has 2 aromatic carbocycles. The Morgan fingerprint density at radius 2 is 1.72 bits per heavy atom. The minimum absolute atomic E-state index is 0.138. The fourth-order valence-corrected chi connectivity index (χ4v) is 4.53. The molecule has 9 heteroatoms. The summed E-state index contributed by atoms with van der Waals surface area (Å²) >= 11 is 0. The van der Waals surface area contributed by atoms with Gasteiger partial charge in [-0.15, -0.1) is 0 Å². The second-order valence-electron chi connectivity index (χ2n) is 7.22. The Morgan fingerprint density at radius 3 is 2.34 bits per heavy atom. The summed E-state index contributed by atoms with van der Waals surface area (Å²) in [5.74, 6) is -0.663. The van der Waals surface area contributed by atoms with Gasteiger partial charge in [0.1, 0.15) is 0 Å². The lowest BCUT2D eigenvalue weighted by atomic mass is 10.0. The van der Waals surface area contributed by atoms with Crippen molar-refractivity contribution >= 4 is 33.3 Å². The van der Waals surface area contributed by atoms with Crippen molar-refractivity contribution in [3.8, 4) is 11.1 Å². The normalized spacial score (nSPS) is 12.1. The summed E-state index contributed by atoms with van der Waals surface area (Å²) in [6.07, 6.45) is 7.93. The Labute approximate surface area is 185 Å². The second kappa shape index (κ2) is 8.20. The fourth-order valence-electron chi connectivity index (χ4n) is 3.33. The molecule has 0 aliphatic heterocycles. The SMILES string of the molecule is Cn1cc(-c2ccc(S(=O)(=O)n3ccc(C=C(C(N)=O)c4ccccc4N)c3)cc2)cn1. The van der Waals surface area contributed by atoms with E-state index in [2.05, 4.69) is 5.10 Å². The molecular formula is C23H21N5O3S. The van der Waals surface area contributed by atoms with Gasteiger partial charge in [-0.05, 0) is 41.5 Å². The zero-order valence-corrected chi connectivity index (χ0v) is 18.0. The highest BCUT2D eigenvalue weighted by molar-refractivity contribution is 7.90. The molecule has 0 saturated heterocycles. The number of nitrogens with zero attached hydrogens (tertiary/aromatic N) is 3. The van der Waals surface area contributed by atoms with Crippen molar-refractivity contribution in [3.05, 3.63) is 90.5 Å². The number of hydrogen-bond donors (Lipinski definition) is 2. The molecule has 0 radical (unpaired) electrons. The molecule has 2 aromatic heterocycles.